The Kier molecular flexibility index (Phi) is 4.63. The molecule has 1 aromatic heterocycles. The molecule has 1 aromatic carbocycles. The number of amides is 1. The highest BCUT2D eigenvalue weighted by Crippen LogP contribution is 2.23. The first-order valence-electron chi connectivity index (χ1n) is 7.87. The minimum Gasteiger partial charge on any atom is -0.346 e. The molecule has 6 heteroatoms. The number of carbonyl (C=O) groups excluding carboxylic acids is 1. The number of thiazole rings is 1. The van der Waals surface area contributed by atoms with Crippen molar-refractivity contribution >= 4 is 22.4 Å². The Morgan fingerprint density at radius 3 is 2.70 bits per heavy atom. The van der Waals surface area contributed by atoms with Crippen LogP contribution in [0.2, 0.25) is 0 Å². The number of nitrogens with two attached hydrogens (primary N) is 1. The van der Waals surface area contributed by atoms with Crippen LogP contribution in [-0.4, -0.2) is 42.0 Å². The Bertz CT molecular complexity index is 642. The van der Waals surface area contributed by atoms with Gasteiger partial charge >= 0.3 is 0 Å². The molecular formula is C17H22N4OS. The van der Waals surface area contributed by atoms with Crippen molar-refractivity contribution in [2.45, 2.75) is 18.9 Å². The second kappa shape index (κ2) is 6.68. The van der Waals surface area contributed by atoms with Crippen molar-refractivity contribution in [2.24, 2.45) is 5.73 Å². The molecule has 1 saturated heterocycles. The monoisotopic (exact) mass is 330 g/mol. The van der Waals surface area contributed by atoms with Crippen LogP contribution in [0.3, 0.4) is 0 Å². The van der Waals surface area contributed by atoms with Gasteiger partial charge in [0.1, 0.15) is 5.54 Å². The molecule has 0 spiro atoms. The van der Waals surface area contributed by atoms with Crippen LogP contribution in [0.25, 0.3) is 0 Å². The number of hydrogen-bond acceptors (Lipinski definition) is 5. The molecule has 3 rings (SSSR count). The molecule has 1 atom stereocenters. The average molecular weight is 330 g/mol. The third kappa shape index (κ3) is 3.38. The van der Waals surface area contributed by atoms with Crippen LogP contribution in [-0.2, 0) is 10.3 Å². The zero-order valence-electron chi connectivity index (χ0n) is 13.3. The smallest absolute Gasteiger partial charge is 0.247 e. The summed E-state index contributed by atoms with van der Waals surface area (Å²) in [5.74, 6) is -0.00955. The van der Waals surface area contributed by atoms with E-state index in [2.05, 4.69) is 9.88 Å². The van der Waals surface area contributed by atoms with E-state index in [1.807, 2.05) is 46.8 Å². The van der Waals surface area contributed by atoms with E-state index in [-0.39, 0.29) is 5.91 Å². The summed E-state index contributed by atoms with van der Waals surface area (Å²) < 4.78 is 0. The summed E-state index contributed by atoms with van der Waals surface area (Å²) >= 11 is 1.64. The lowest BCUT2D eigenvalue weighted by atomic mass is 9.91. The lowest BCUT2D eigenvalue weighted by molar-refractivity contribution is -0.136. The Labute approximate surface area is 140 Å². The molecule has 1 amide bonds. The van der Waals surface area contributed by atoms with Gasteiger partial charge in [-0.15, -0.1) is 11.3 Å². The molecule has 2 heterocycles. The maximum Gasteiger partial charge on any atom is 0.247 e. The molecule has 122 valence electrons. The van der Waals surface area contributed by atoms with Gasteiger partial charge in [-0.3, -0.25) is 4.79 Å². The van der Waals surface area contributed by atoms with Crippen LogP contribution < -0.4 is 10.6 Å². The SMILES string of the molecule is CC(N)(C(=O)N1CCCN(c2nccs2)CC1)c1ccccc1. The summed E-state index contributed by atoms with van der Waals surface area (Å²) in [6.07, 6.45) is 2.75. The van der Waals surface area contributed by atoms with Crippen molar-refractivity contribution < 1.29 is 4.79 Å². The lowest BCUT2D eigenvalue weighted by Gasteiger charge is -2.31. The number of rotatable bonds is 3. The highest BCUT2D eigenvalue weighted by molar-refractivity contribution is 7.13. The van der Waals surface area contributed by atoms with Crippen LogP contribution >= 0.6 is 11.3 Å². The number of anilines is 1. The standard InChI is InChI=1S/C17H22N4OS/c1-17(18,14-6-3-2-4-7-14)15(22)20-9-5-10-21(12-11-20)16-19-8-13-23-16/h2-4,6-8,13H,5,9-12,18H2,1H3. The van der Waals surface area contributed by atoms with E-state index in [9.17, 15) is 4.79 Å². The summed E-state index contributed by atoms with van der Waals surface area (Å²) in [6, 6.07) is 9.60. The number of benzene rings is 1. The van der Waals surface area contributed by atoms with Crippen molar-refractivity contribution in [2.75, 3.05) is 31.1 Å². The minimum absolute atomic E-state index is 0.00955. The van der Waals surface area contributed by atoms with Crippen molar-refractivity contribution in [3.05, 3.63) is 47.5 Å². The van der Waals surface area contributed by atoms with Gasteiger partial charge in [-0.25, -0.2) is 4.98 Å². The van der Waals surface area contributed by atoms with E-state index >= 15 is 0 Å². The van der Waals surface area contributed by atoms with E-state index in [0.29, 0.717) is 6.54 Å². The van der Waals surface area contributed by atoms with Gasteiger partial charge in [-0.05, 0) is 18.9 Å². The molecule has 0 radical (unpaired) electrons. The van der Waals surface area contributed by atoms with Gasteiger partial charge in [0.2, 0.25) is 5.91 Å². The zero-order chi connectivity index (χ0) is 16.3. The van der Waals surface area contributed by atoms with E-state index in [1.54, 1.807) is 18.3 Å². The predicted octanol–water partition coefficient (Wildman–Crippen LogP) is 2.06. The van der Waals surface area contributed by atoms with Crippen molar-refractivity contribution in [1.29, 1.82) is 0 Å². The molecule has 0 aliphatic carbocycles. The van der Waals surface area contributed by atoms with Crippen LogP contribution in [0, 0.1) is 0 Å². The van der Waals surface area contributed by atoms with Gasteiger partial charge in [0.15, 0.2) is 5.13 Å². The third-order valence-corrected chi connectivity index (χ3v) is 5.12. The summed E-state index contributed by atoms with van der Waals surface area (Å²) in [5.41, 5.74) is 6.24. The topological polar surface area (TPSA) is 62.5 Å². The van der Waals surface area contributed by atoms with Crippen LogP contribution in [0.15, 0.2) is 41.9 Å². The molecule has 23 heavy (non-hydrogen) atoms. The first kappa shape index (κ1) is 16.0. The number of hydrogen-bond donors (Lipinski definition) is 1. The Morgan fingerprint density at radius 1 is 1.22 bits per heavy atom. The first-order chi connectivity index (χ1) is 11.1. The van der Waals surface area contributed by atoms with Crippen LogP contribution in [0.4, 0.5) is 5.13 Å². The minimum atomic E-state index is -0.988. The molecule has 1 fully saturated rings. The Hall–Kier alpha value is -1.92. The van der Waals surface area contributed by atoms with Gasteiger partial charge in [0.05, 0.1) is 0 Å². The largest absolute Gasteiger partial charge is 0.346 e. The summed E-state index contributed by atoms with van der Waals surface area (Å²) in [7, 11) is 0. The maximum atomic E-state index is 12.9. The highest BCUT2D eigenvalue weighted by Gasteiger charge is 2.35. The van der Waals surface area contributed by atoms with Gasteiger partial charge in [-0.2, -0.15) is 0 Å². The molecule has 5 nitrogen and oxygen atoms in total. The molecule has 1 unspecified atom stereocenters. The normalized spacial score (nSPS) is 18.3. The Balaban J connectivity index is 1.71. The second-order valence-corrected chi connectivity index (χ2v) is 6.89. The molecule has 1 aliphatic heterocycles. The van der Waals surface area contributed by atoms with Gasteiger partial charge in [0, 0.05) is 37.8 Å². The van der Waals surface area contributed by atoms with Crippen molar-refractivity contribution in [1.82, 2.24) is 9.88 Å². The summed E-state index contributed by atoms with van der Waals surface area (Å²) in [4.78, 5) is 21.4. The molecule has 2 aromatic rings. The molecule has 0 bridgehead atoms. The lowest BCUT2D eigenvalue weighted by Crippen LogP contribution is -2.51. The first-order valence-corrected chi connectivity index (χ1v) is 8.75. The average Bonchev–Trinajstić information content (AvgIpc) is 3.00. The summed E-state index contributed by atoms with van der Waals surface area (Å²) in [5, 5.41) is 3.01. The number of carbonyl (C=O) groups is 1. The third-order valence-electron chi connectivity index (χ3n) is 4.29. The highest BCUT2D eigenvalue weighted by atomic mass is 32.1. The maximum absolute atomic E-state index is 12.9. The second-order valence-electron chi connectivity index (χ2n) is 6.02. The number of aromatic nitrogens is 1. The summed E-state index contributed by atoms with van der Waals surface area (Å²) in [6.45, 7) is 4.93. The van der Waals surface area contributed by atoms with Crippen molar-refractivity contribution in [3.63, 3.8) is 0 Å². The van der Waals surface area contributed by atoms with Gasteiger partial charge in [0.25, 0.3) is 0 Å². The fraction of sp³-hybridized carbons (Fsp3) is 0.412. The molecular weight excluding hydrogens is 308 g/mol. The molecule has 2 N–H and O–H groups in total. The zero-order valence-corrected chi connectivity index (χ0v) is 14.1. The number of nitrogens with zero attached hydrogens (tertiary/aromatic N) is 3. The fourth-order valence-corrected chi connectivity index (χ4v) is 3.62. The van der Waals surface area contributed by atoms with E-state index in [4.69, 9.17) is 5.73 Å². The van der Waals surface area contributed by atoms with E-state index in [0.717, 1.165) is 36.8 Å². The molecule has 1 aliphatic rings. The van der Waals surface area contributed by atoms with Gasteiger partial charge in [-0.1, -0.05) is 30.3 Å². The van der Waals surface area contributed by atoms with Crippen LogP contribution in [0.1, 0.15) is 18.9 Å². The van der Waals surface area contributed by atoms with E-state index < -0.39 is 5.54 Å². The van der Waals surface area contributed by atoms with Crippen molar-refractivity contribution in [3.8, 4) is 0 Å². The fourth-order valence-electron chi connectivity index (χ4n) is 2.92. The van der Waals surface area contributed by atoms with Gasteiger partial charge < -0.3 is 15.5 Å². The predicted molar refractivity (Wildman–Crippen MR) is 93.5 cm³/mol. The quantitative estimate of drug-likeness (QED) is 0.936. The Morgan fingerprint density at radius 2 is 2.00 bits per heavy atom. The van der Waals surface area contributed by atoms with Crippen LogP contribution in [0.5, 0.6) is 0 Å². The molecule has 0 saturated carbocycles. The van der Waals surface area contributed by atoms with E-state index in [1.165, 1.54) is 0 Å².